The molecule has 1 amide bonds. The Balaban J connectivity index is 2.80. The SMILES string of the molecule is CCC(C)(C)C(=O)Nc1cccnc1C. The minimum atomic E-state index is -0.331. The van der Waals surface area contributed by atoms with Crippen LogP contribution in [-0.2, 0) is 4.79 Å². The number of rotatable bonds is 3. The van der Waals surface area contributed by atoms with Gasteiger partial charge in [-0.3, -0.25) is 9.78 Å². The lowest BCUT2D eigenvalue weighted by Crippen LogP contribution is -2.30. The molecule has 0 fully saturated rings. The lowest BCUT2D eigenvalue weighted by molar-refractivity contribution is -0.124. The topological polar surface area (TPSA) is 42.0 Å². The zero-order chi connectivity index (χ0) is 11.5. The van der Waals surface area contributed by atoms with Crippen LogP contribution < -0.4 is 5.32 Å². The molecule has 1 aromatic heterocycles. The molecule has 0 aliphatic heterocycles. The normalized spacial score (nSPS) is 11.2. The Kier molecular flexibility index (Phi) is 3.45. The molecule has 0 atom stereocenters. The van der Waals surface area contributed by atoms with Crippen LogP contribution in [0.1, 0.15) is 32.9 Å². The first-order valence-corrected chi connectivity index (χ1v) is 5.20. The van der Waals surface area contributed by atoms with Crippen molar-refractivity contribution in [3.05, 3.63) is 24.0 Å². The van der Waals surface area contributed by atoms with E-state index in [2.05, 4.69) is 10.3 Å². The minimum absolute atomic E-state index is 0.0427. The molecule has 0 spiro atoms. The van der Waals surface area contributed by atoms with Gasteiger partial charge in [-0.25, -0.2) is 0 Å². The molecule has 1 heterocycles. The standard InChI is InChI=1S/C12H18N2O/c1-5-12(3,4)11(15)14-10-7-6-8-13-9(10)2/h6-8H,5H2,1-4H3,(H,14,15). The van der Waals surface area contributed by atoms with Crippen LogP contribution in [0.3, 0.4) is 0 Å². The van der Waals surface area contributed by atoms with E-state index in [1.165, 1.54) is 0 Å². The van der Waals surface area contributed by atoms with Gasteiger partial charge in [-0.1, -0.05) is 20.8 Å². The monoisotopic (exact) mass is 206 g/mol. The van der Waals surface area contributed by atoms with Gasteiger partial charge in [0, 0.05) is 11.6 Å². The molecule has 15 heavy (non-hydrogen) atoms. The summed E-state index contributed by atoms with van der Waals surface area (Å²) >= 11 is 0. The molecule has 82 valence electrons. The molecule has 3 nitrogen and oxygen atoms in total. The quantitative estimate of drug-likeness (QED) is 0.826. The highest BCUT2D eigenvalue weighted by Crippen LogP contribution is 2.22. The number of nitrogens with one attached hydrogen (secondary N) is 1. The summed E-state index contributed by atoms with van der Waals surface area (Å²) in [6, 6.07) is 3.69. The second-order valence-electron chi connectivity index (χ2n) is 4.33. The molecule has 0 aromatic carbocycles. The lowest BCUT2D eigenvalue weighted by Gasteiger charge is -2.21. The molecule has 0 saturated heterocycles. The highest BCUT2D eigenvalue weighted by molar-refractivity contribution is 5.95. The number of pyridine rings is 1. The molecule has 1 rings (SSSR count). The van der Waals surface area contributed by atoms with Crippen molar-refractivity contribution in [2.45, 2.75) is 34.1 Å². The van der Waals surface area contributed by atoms with Gasteiger partial charge in [0.15, 0.2) is 0 Å². The fourth-order valence-electron chi connectivity index (χ4n) is 1.07. The number of aromatic nitrogens is 1. The third kappa shape index (κ3) is 2.78. The van der Waals surface area contributed by atoms with Crippen LogP contribution in [0.4, 0.5) is 5.69 Å². The molecule has 0 aliphatic rings. The summed E-state index contributed by atoms with van der Waals surface area (Å²) in [5.41, 5.74) is 1.31. The average Bonchev–Trinajstić information content (AvgIpc) is 2.21. The first-order valence-electron chi connectivity index (χ1n) is 5.20. The van der Waals surface area contributed by atoms with Crippen molar-refractivity contribution in [2.75, 3.05) is 5.32 Å². The van der Waals surface area contributed by atoms with Crippen molar-refractivity contribution in [3.8, 4) is 0 Å². The van der Waals surface area contributed by atoms with E-state index in [0.29, 0.717) is 0 Å². The van der Waals surface area contributed by atoms with Gasteiger partial charge >= 0.3 is 0 Å². The molecular weight excluding hydrogens is 188 g/mol. The fourth-order valence-corrected chi connectivity index (χ4v) is 1.07. The molecule has 0 aliphatic carbocycles. The molecule has 0 radical (unpaired) electrons. The number of anilines is 1. The Bertz CT molecular complexity index is 358. The first-order chi connectivity index (χ1) is 6.97. The predicted octanol–water partition coefficient (Wildman–Crippen LogP) is 2.76. The van der Waals surface area contributed by atoms with Crippen molar-refractivity contribution in [1.29, 1.82) is 0 Å². The van der Waals surface area contributed by atoms with E-state index in [9.17, 15) is 4.79 Å². The van der Waals surface area contributed by atoms with E-state index in [-0.39, 0.29) is 11.3 Å². The second-order valence-corrected chi connectivity index (χ2v) is 4.33. The van der Waals surface area contributed by atoms with Gasteiger partial charge in [-0.2, -0.15) is 0 Å². The Morgan fingerprint density at radius 3 is 2.73 bits per heavy atom. The molecule has 3 heteroatoms. The molecule has 1 N–H and O–H groups in total. The summed E-state index contributed by atoms with van der Waals surface area (Å²) in [5.74, 6) is 0.0427. The van der Waals surface area contributed by atoms with Gasteiger partial charge in [0.05, 0.1) is 11.4 Å². The van der Waals surface area contributed by atoms with Crippen molar-refractivity contribution >= 4 is 11.6 Å². The van der Waals surface area contributed by atoms with Crippen molar-refractivity contribution < 1.29 is 4.79 Å². The number of amides is 1. The van der Waals surface area contributed by atoms with Crippen LogP contribution in [0.5, 0.6) is 0 Å². The fraction of sp³-hybridized carbons (Fsp3) is 0.500. The summed E-state index contributed by atoms with van der Waals surface area (Å²) in [6.07, 6.45) is 2.54. The molecule has 1 aromatic rings. The van der Waals surface area contributed by atoms with E-state index in [1.807, 2.05) is 39.8 Å². The maximum Gasteiger partial charge on any atom is 0.230 e. The van der Waals surface area contributed by atoms with Gasteiger partial charge in [-0.05, 0) is 25.5 Å². The van der Waals surface area contributed by atoms with Gasteiger partial charge in [0.25, 0.3) is 0 Å². The Morgan fingerprint density at radius 2 is 2.20 bits per heavy atom. The molecule has 0 bridgehead atoms. The van der Waals surface area contributed by atoms with Crippen LogP contribution in [0.25, 0.3) is 0 Å². The largest absolute Gasteiger partial charge is 0.324 e. The van der Waals surface area contributed by atoms with E-state index in [1.54, 1.807) is 6.20 Å². The summed E-state index contributed by atoms with van der Waals surface area (Å²) in [7, 11) is 0. The van der Waals surface area contributed by atoms with Crippen molar-refractivity contribution in [3.63, 3.8) is 0 Å². The zero-order valence-corrected chi connectivity index (χ0v) is 9.79. The van der Waals surface area contributed by atoms with Crippen molar-refractivity contribution in [2.24, 2.45) is 5.41 Å². The maximum atomic E-state index is 11.9. The number of hydrogen-bond acceptors (Lipinski definition) is 2. The van der Waals surface area contributed by atoms with Crippen LogP contribution in [0.15, 0.2) is 18.3 Å². The van der Waals surface area contributed by atoms with E-state index >= 15 is 0 Å². The maximum absolute atomic E-state index is 11.9. The Morgan fingerprint density at radius 1 is 1.53 bits per heavy atom. The number of carbonyl (C=O) groups is 1. The molecular formula is C12H18N2O. The van der Waals surface area contributed by atoms with Gasteiger partial charge in [0.1, 0.15) is 0 Å². The van der Waals surface area contributed by atoms with Crippen LogP contribution in [-0.4, -0.2) is 10.9 Å². The third-order valence-electron chi connectivity index (χ3n) is 2.75. The Hall–Kier alpha value is -1.38. The van der Waals surface area contributed by atoms with Gasteiger partial charge < -0.3 is 5.32 Å². The average molecular weight is 206 g/mol. The first kappa shape index (κ1) is 11.7. The lowest BCUT2D eigenvalue weighted by atomic mass is 9.89. The number of carbonyl (C=O) groups excluding carboxylic acids is 1. The van der Waals surface area contributed by atoms with Crippen LogP contribution >= 0.6 is 0 Å². The highest BCUT2D eigenvalue weighted by atomic mass is 16.2. The van der Waals surface area contributed by atoms with E-state index in [0.717, 1.165) is 17.8 Å². The minimum Gasteiger partial charge on any atom is -0.324 e. The number of nitrogens with zero attached hydrogens (tertiary/aromatic N) is 1. The van der Waals surface area contributed by atoms with Crippen molar-refractivity contribution in [1.82, 2.24) is 4.98 Å². The summed E-state index contributed by atoms with van der Waals surface area (Å²) in [5, 5.41) is 2.90. The smallest absolute Gasteiger partial charge is 0.230 e. The number of hydrogen-bond donors (Lipinski definition) is 1. The van der Waals surface area contributed by atoms with E-state index < -0.39 is 0 Å². The van der Waals surface area contributed by atoms with Crippen LogP contribution in [0.2, 0.25) is 0 Å². The number of aryl methyl sites for hydroxylation is 1. The second kappa shape index (κ2) is 4.43. The zero-order valence-electron chi connectivity index (χ0n) is 9.79. The summed E-state index contributed by atoms with van der Waals surface area (Å²) in [6.45, 7) is 7.77. The summed E-state index contributed by atoms with van der Waals surface area (Å²) < 4.78 is 0. The predicted molar refractivity (Wildman–Crippen MR) is 61.7 cm³/mol. The van der Waals surface area contributed by atoms with Gasteiger partial charge in [-0.15, -0.1) is 0 Å². The van der Waals surface area contributed by atoms with Gasteiger partial charge in [0.2, 0.25) is 5.91 Å². The van der Waals surface area contributed by atoms with Crippen LogP contribution in [0, 0.1) is 12.3 Å². The highest BCUT2D eigenvalue weighted by Gasteiger charge is 2.25. The van der Waals surface area contributed by atoms with E-state index in [4.69, 9.17) is 0 Å². The molecule has 0 unspecified atom stereocenters. The summed E-state index contributed by atoms with van der Waals surface area (Å²) in [4.78, 5) is 16.0. The molecule has 0 saturated carbocycles. The third-order valence-corrected chi connectivity index (χ3v) is 2.75. The Labute approximate surface area is 90.9 Å².